The van der Waals surface area contributed by atoms with Crippen LogP contribution in [0.4, 0.5) is 0 Å². The topological polar surface area (TPSA) is 36.9 Å². The molecule has 0 fully saturated rings. The summed E-state index contributed by atoms with van der Waals surface area (Å²) in [4.78, 5) is 0. The first-order valence-electron chi connectivity index (χ1n) is 9.63. The molecular weight excluding hydrogens is 443 g/mol. The van der Waals surface area contributed by atoms with Crippen LogP contribution in [-0.2, 0) is 21.1 Å². The molecule has 0 aliphatic heterocycles. The zero-order valence-electron chi connectivity index (χ0n) is 16.6. The molecule has 2 aliphatic rings. The van der Waals surface area contributed by atoms with Crippen molar-refractivity contribution in [1.82, 2.24) is 0 Å². The first kappa shape index (κ1) is 19.8. The monoisotopic (exact) mass is 466 g/mol. The van der Waals surface area contributed by atoms with Crippen molar-refractivity contribution in [2.24, 2.45) is 0 Å². The zero-order valence-corrected chi connectivity index (χ0v) is 19.1. The van der Waals surface area contributed by atoms with Crippen LogP contribution in [0.3, 0.4) is 0 Å². The molecule has 148 valence electrons. The van der Waals surface area contributed by atoms with Crippen molar-refractivity contribution in [3.05, 3.63) is 91.5 Å². The summed E-state index contributed by atoms with van der Waals surface area (Å²) in [6.07, 6.45) is 14.4. The van der Waals surface area contributed by atoms with Crippen LogP contribution < -0.4 is 15.1 Å². The average Bonchev–Trinajstić information content (AvgIpc) is 3.48. The fraction of sp³-hybridized carbons (Fsp3) is 0.167. The standard InChI is InChI=1S/2C7H8O2.2C5H5.Zr/c2*1-9-7-5-3-2-4-6(7)8;2*1-2-4-5-3-1;/h2*2-5,8H,1H3;2*1-3H,4H2;/q;;;;+2/p-2. The van der Waals surface area contributed by atoms with Crippen LogP contribution in [0.15, 0.2) is 91.5 Å². The number of rotatable bonds is 8. The normalized spacial score (nSPS) is 15.1. The van der Waals surface area contributed by atoms with Gasteiger partial charge in [-0.25, -0.2) is 0 Å². The van der Waals surface area contributed by atoms with Gasteiger partial charge < -0.3 is 0 Å². The molecule has 0 radical (unpaired) electrons. The van der Waals surface area contributed by atoms with E-state index < -0.39 is 21.1 Å². The Labute approximate surface area is 177 Å². The molecule has 0 amide bonds. The van der Waals surface area contributed by atoms with Gasteiger partial charge in [-0.2, -0.15) is 0 Å². The van der Waals surface area contributed by atoms with Crippen molar-refractivity contribution in [3.63, 3.8) is 0 Å². The van der Waals surface area contributed by atoms with Gasteiger partial charge in [0.05, 0.1) is 0 Å². The molecule has 2 aromatic rings. The number of ether oxygens (including phenoxy) is 2. The molecule has 0 bridgehead atoms. The molecule has 29 heavy (non-hydrogen) atoms. The van der Waals surface area contributed by atoms with Crippen LogP contribution in [0.25, 0.3) is 0 Å². The van der Waals surface area contributed by atoms with Crippen LogP contribution in [0.1, 0.15) is 12.8 Å². The number of hydrogen-bond acceptors (Lipinski definition) is 4. The van der Waals surface area contributed by atoms with Crippen LogP contribution in [-0.4, -0.2) is 14.2 Å². The van der Waals surface area contributed by atoms with Gasteiger partial charge >= 0.3 is 178 Å². The molecule has 5 heteroatoms. The maximum absolute atomic E-state index is 6.89. The number of allylic oxidation sites excluding steroid dienone is 8. The second-order valence-corrected chi connectivity index (χ2v) is 14.0. The van der Waals surface area contributed by atoms with Crippen molar-refractivity contribution >= 4 is 0 Å². The zero-order chi connectivity index (χ0) is 20.1. The van der Waals surface area contributed by atoms with Crippen LogP contribution in [0.5, 0.6) is 23.0 Å². The van der Waals surface area contributed by atoms with Gasteiger partial charge in [-0.1, -0.05) is 0 Å². The fourth-order valence-electron chi connectivity index (χ4n) is 3.59. The molecule has 4 nitrogen and oxygen atoms in total. The minimum atomic E-state index is -4.07. The minimum absolute atomic E-state index is 0.704. The third-order valence-corrected chi connectivity index (χ3v) is 13.5. The van der Waals surface area contributed by atoms with E-state index in [1.54, 1.807) is 14.2 Å². The Balaban J connectivity index is 1.84. The van der Waals surface area contributed by atoms with Gasteiger partial charge in [0.2, 0.25) is 0 Å². The Morgan fingerprint density at radius 3 is 1.38 bits per heavy atom. The first-order valence-corrected chi connectivity index (χ1v) is 14.1. The second kappa shape index (κ2) is 8.88. The quantitative estimate of drug-likeness (QED) is 0.489. The van der Waals surface area contributed by atoms with E-state index in [0.29, 0.717) is 23.0 Å². The van der Waals surface area contributed by atoms with Gasteiger partial charge in [0.25, 0.3) is 0 Å². The Kier molecular flexibility index (Phi) is 6.06. The number of methoxy groups -OCH3 is 2. The third kappa shape index (κ3) is 3.97. The second-order valence-electron chi connectivity index (χ2n) is 6.77. The summed E-state index contributed by atoms with van der Waals surface area (Å²) in [6.45, 7) is 0. The summed E-state index contributed by atoms with van der Waals surface area (Å²) in [5.74, 6) is 2.83. The molecule has 0 aromatic heterocycles. The summed E-state index contributed by atoms with van der Waals surface area (Å²) >= 11 is -4.07. The van der Waals surface area contributed by atoms with Crippen LogP contribution in [0, 0.1) is 0 Å². The molecule has 0 saturated carbocycles. The Bertz CT molecular complexity index is 922. The van der Waals surface area contributed by atoms with Gasteiger partial charge in [-0.15, -0.1) is 0 Å². The molecule has 2 aliphatic carbocycles. The van der Waals surface area contributed by atoms with E-state index in [2.05, 4.69) is 36.5 Å². The molecule has 2 aromatic carbocycles. The predicted molar refractivity (Wildman–Crippen MR) is 111 cm³/mol. The molecule has 0 heterocycles. The predicted octanol–water partition coefficient (Wildman–Crippen LogP) is 5.83. The SMILES string of the molecule is COc1ccccc1[O][Zr]([O]c1ccccc1OC)([C]1=CC=CC1)[C]1=CC=CC1. The molecule has 0 spiro atoms. The van der Waals surface area contributed by atoms with Gasteiger partial charge in [0, 0.05) is 0 Å². The van der Waals surface area contributed by atoms with Crippen molar-refractivity contribution in [2.75, 3.05) is 14.2 Å². The molecular formula is C24H24O4Zr. The molecule has 0 atom stereocenters. The third-order valence-electron chi connectivity index (χ3n) is 5.03. The van der Waals surface area contributed by atoms with Crippen molar-refractivity contribution in [1.29, 1.82) is 0 Å². The number of hydrogen-bond donors (Lipinski definition) is 0. The first-order chi connectivity index (χ1) is 14.3. The van der Waals surface area contributed by atoms with Gasteiger partial charge in [0.15, 0.2) is 0 Å². The van der Waals surface area contributed by atoms with E-state index in [0.717, 1.165) is 12.8 Å². The molecule has 4 rings (SSSR count). The Morgan fingerprint density at radius 1 is 0.621 bits per heavy atom. The molecule has 0 N–H and O–H groups in total. The maximum atomic E-state index is 6.89. The van der Waals surface area contributed by atoms with E-state index in [9.17, 15) is 0 Å². The summed E-state index contributed by atoms with van der Waals surface area (Å²) in [5, 5.41) is 0. The van der Waals surface area contributed by atoms with Gasteiger partial charge in [0.1, 0.15) is 0 Å². The summed E-state index contributed by atoms with van der Waals surface area (Å²) in [7, 11) is 3.32. The summed E-state index contributed by atoms with van der Waals surface area (Å²) in [5.41, 5.74) is 0. The van der Waals surface area contributed by atoms with Crippen molar-refractivity contribution < 1.29 is 36.2 Å². The van der Waals surface area contributed by atoms with Crippen molar-refractivity contribution in [3.8, 4) is 23.0 Å². The van der Waals surface area contributed by atoms with Gasteiger partial charge in [-0.05, 0) is 0 Å². The average molecular weight is 468 g/mol. The number of benzene rings is 2. The van der Waals surface area contributed by atoms with E-state index >= 15 is 0 Å². The van der Waals surface area contributed by atoms with Crippen LogP contribution >= 0.6 is 0 Å². The van der Waals surface area contributed by atoms with Crippen molar-refractivity contribution in [2.45, 2.75) is 12.8 Å². The number of para-hydroxylation sites is 4. The van der Waals surface area contributed by atoms with E-state index in [1.807, 2.05) is 48.5 Å². The Morgan fingerprint density at radius 2 is 1.03 bits per heavy atom. The van der Waals surface area contributed by atoms with E-state index in [1.165, 1.54) is 6.56 Å². The molecule has 0 saturated heterocycles. The van der Waals surface area contributed by atoms with Crippen LogP contribution in [0.2, 0.25) is 0 Å². The van der Waals surface area contributed by atoms with E-state index in [-0.39, 0.29) is 0 Å². The van der Waals surface area contributed by atoms with Gasteiger partial charge in [-0.3, -0.25) is 0 Å². The fourth-order valence-corrected chi connectivity index (χ4v) is 11.8. The summed E-state index contributed by atoms with van der Waals surface area (Å²) < 4.78 is 27.4. The van der Waals surface area contributed by atoms with E-state index in [4.69, 9.17) is 15.1 Å². The molecule has 0 unspecified atom stereocenters. The summed E-state index contributed by atoms with van der Waals surface area (Å²) in [6, 6.07) is 15.5. The Hall–Kier alpha value is -2.52.